The zero-order valence-electron chi connectivity index (χ0n) is 23.9. The van der Waals surface area contributed by atoms with Gasteiger partial charge in [-0.2, -0.15) is 0 Å². The second-order valence-corrected chi connectivity index (χ2v) is 11.9. The summed E-state index contributed by atoms with van der Waals surface area (Å²) in [6, 6.07) is 9.46. The van der Waals surface area contributed by atoms with Crippen molar-refractivity contribution in [2.45, 2.75) is 114 Å². The first-order valence-electron chi connectivity index (χ1n) is 13.7. The highest BCUT2D eigenvalue weighted by Crippen LogP contribution is 2.55. The van der Waals surface area contributed by atoms with Gasteiger partial charge in [-0.15, -0.1) is 0 Å². The Morgan fingerprint density at radius 1 is 1.03 bits per heavy atom. The smallest absolute Gasteiger partial charge is 0.0256 e. The number of hydrogen-bond donors (Lipinski definition) is 0. The molecule has 1 aromatic carbocycles. The van der Waals surface area contributed by atoms with Crippen LogP contribution in [0.15, 0.2) is 58.8 Å². The number of hydrogen-bond acceptors (Lipinski definition) is 1. The van der Waals surface area contributed by atoms with Gasteiger partial charge >= 0.3 is 0 Å². The zero-order chi connectivity index (χ0) is 25.5. The van der Waals surface area contributed by atoms with Crippen molar-refractivity contribution in [3.05, 3.63) is 64.9 Å². The topological polar surface area (TPSA) is 12.4 Å². The lowest BCUT2D eigenvalue weighted by Gasteiger charge is -2.47. The average molecular weight is 462 g/mol. The maximum absolute atomic E-state index is 4.74. The molecule has 0 N–H and O–H groups in total. The number of benzene rings is 1. The summed E-state index contributed by atoms with van der Waals surface area (Å²) in [5.41, 5.74) is 8.71. The van der Waals surface area contributed by atoms with Crippen LogP contribution in [0.5, 0.6) is 0 Å². The third-order valence-electron chi connectivity index (χ3n) is 7.88. The van der Waals surface area contributed by atoms with Gasteiger partial charge in [0, 0.05) is 17.3 Å². The van der Waals surface area contributed by atoms with Gasteiger partial charge in [0.1, 0.15) is 0 Å². The first kappa shape index (κ1) is 28.3. The molecule has 0 aliphatic heterocycles. The van der Waals surface area contributed by atoms with Crippen LogP contribution < -0.4 is 0 Å². The van der Waals surface area contributed by atoms with Crippen molar-refractivity contribution in [2.75, 3.05) is 0 Å². The molecule has 0 heterocycles. The van der Waals surface area contributed by atoms with Crippen LogP contribution in [0.3, 0.4) is 0 Å². The minimum absolute atomic E-state index is 0.0256. The number of aliphatic imine (C=N–C) groups is 1. The van der Waals surface area contributed by atoms with Crippen molar-refractivity contribution in [1.29, 1.82) is 0 Å². The van der Waals surface area contributed by atoms with Crippen LogP contribution >= 0.6 is 0 Å². The van der Waals surface area contributed by atoms with Crippen molar-refractivity contribution in [1.82, 2.24) is 0 Å². The second-order valence-electron chi connectivity index (χ2n) is 11.9. The Balaban J connectivity index is 2.31. The Morgan fingerprint density at radius 3 is 2.24 bits per heavy atom. The standard InChI is InChI=1S/C33H51N/c1-11-13-31-32(8,9)30(29-16-14-28(15-17-29)26(6)22-24(3)4)19-21-33(31,10)20-18-27(7)34-23-25(5)12-2/h13-17,19,23-24,26H,11-12,18,20-22H2,1-10H3/b25-23+,31-13-,34-27?/t26-,33+/m1/s1. The fourth-order valence-electron chi connectivity index (χ4n) is 5.68. The van der Waals surface area contributed by atoms with Crippen molar-refractivity contribution in [2.24, 2.45) is 21.7 Å². The molecule has 34 heavy (non-hydrogen) atoms. The lowest BCUT2D eigenvalue weighted by atomic mass is 9.57. The molecule has 188 valence electrons. The fourth-order valence-corrected chi connectivity index (χ4v) is 5.68. The second kappa shape index (κ2) is 12.2. The van der Waals surface area contributed by atoms with Gasteiger partial charge in [0.25, 0.3) is 0 Å². The van der Waals surface area contributed by atoms with E-state index in [1.807, 2.05) is 0 Å². The summed E-state index contributed by atoms with van der Waals surface area (Å²) in [6.45, 7) is 23.1. The quantitative estimate of drug-likeness (QED) is 0.243. The summed E-state index contributed by atoms with van der Waals surface area (Å²) in [6.07, 6.45) is 13.8. The molecule has 0 saturated carbocycles. The molecule has 0 bridgehead atoms. The normalized spacial score (nSPS) is 23.4. The molecule has 1 aliphatic carbocycles. The van der Waals surface area contributed by atoms with E-state index in [0.717, 1.165) is 38.0 Å². The highest BCUT2D eigenvalue weighted by atomic mass is 14.7. The molecule has 0 amide bonds. The number of allylic oxidation sites excluding steroid dienone is 5. The molecule has 1 nitrogen and oxygen atoms in total. The molecule has 0 aromatic heterocycles. The van der Waals surface area contributed by atoms with Crippen LogP contribution in [0.1, 0.15) is 125 Å². The van der Waals surface area contributed by atoms with E-state index in [4.69, 9.17) is 4.99 Å². The van der Waals surface area contributed by atoms with Gasteiger partial charge in [-0.25, -0.2) is 0 Å². The lowest BCUT2D eigenvalue weighted by Crippen LogP contribution is -2.34. The van der Waals surface area contributed by atoms with Crippen molar-refractivity contribution in [3.8, 4) is 0 Å². The maximum Gasteiger partial charge on any atom is 0.0256 e. The lowest BCUT2D eigenvalue weighted by molar-refractivity contribution is 0.303. The van der Waals surface area contributed by atoms with Gasteiger partial charge in [0.15, 0.2) is 0 Å². The Bertz CT molecular complexity index is 920. The van der Waals surface area contributed by atoms with Gasteiger partial charge in [-0.1, -0.05) is 103 Å². The minimum Gasteiger partial charge on any atom is -0.266 e. The van der Waals surface area contributed by atoms with E-state index < -0.39 is 0 Å². The van der Waals surface area contributed by atoms with Gasteiger partial charge in [0.2, 0.25) is 0 Å². The summed E-state index contributed by atoms with van der Waals surface area (Å²) < 4.78 is 0. The van der Waals surface area contributed by atoms with Crippen molar-refractivity contribution in [3.63, 3.8) is 0 Å². The summed E-state index contributed by atoms with van der Waals surface area (Å²) in [4.78, 5) is 4.74. The predicted octanol–water partition coefficient (Wildman–Crippen LogP) is 10.5. The monoisotopic (exact) mass is 461 g/mol. The van der Waals surface area contributed by atoms with E-state index >= 15 is 0 Å². The molecular weight excluding hydrogens is 410 g/mol. The zero-order valence-corrected chi connectivity index (χ0v) is 23.9. The van der Waals surface area contributed by atoms with E-state index in [0.29, 0.717) is 5.92 Å². The Morgan fingerprint density at radius 2 is 1.68 bits per heavy atom. The molecule has 1 aliphatic rings. The van der Waals surface area contributed by atoms with E-state index in [1.165, 1.54) is 34.4 Å². The Kier molecular flexibility index (Phi) is 10.2. The third kappa shape index (κ3) is 7.06. The van der Waals surface area contributed by atoms with Gasteiger partial charge in [-0.3, -0.25) is 4.99 Å². The summed E-state index contributed by atoms with van der Waals surface area (Å²) in [5, 5.41) is 0. The van der Waals surface area contributed by atoms with E-state index in [1.54, 1.807) is 5.57 Å². The largest absolute Gasteiger partial charge is 0.266 e. The molecule has 2 atom stereocenters. The molecule has 1 heteroatoms. The number of nitrogens with zero attached hydrogens (tertiary/aromatic N) is 1. The van der Waals surface area contributed by atoms with E-state index in [2.05, 4.69) is 112 Å². The first-order valence-corrected chi connectivity index (χ1v) is 13.7. The van der Waals surface area contributed by atoms with Crippen LogP contribution in [0.2, 0.25) is 0 Å². The highest BCUT2D eigenvalue weighted by Gasteiger charge is 2.42. The number of rotatable bonds is 10. The average Bonchev–Trinajstić information content (AvgIpc) is 2.78. The fraction of sp³-hybridized carbons (Fsp3) is 0.606. The molecule has 0 spiro atoms. The van der Waals surface area contributed by atoms with Crippen molar-refractivity contribution < 1.29 is 0 Å². The molecule has 2 rings (SSSR count). The van der Waals surface area contributed by atoms with Gasteiger partial charge in [-0.05, 0) is 86.3 Å². The molecule has 0 saturated heterocycles. The summed E-state index contributed by atoms with van der Waals surface area (Å²) >= 11 is 0. The van der Waals surface area contributed by atoms with E-state index in [-0.39, 0.29) is 10.8 Å². The molecule has 0 radical (unpaired) electrons. The van der Waals surface area contributed by atoms with Gasteiger partial charge in [0.05, 0.1) is 0 Å². The van der Waals surface area contributed by atoms with Gasteiger partial charge < -0.3 is 0 Å². The SMILES string of the molecule is CC/C=C1/C(C)(C)C(c2ccc([C@H](C)CC(C)C)cc2)=CC[C@]1(C)CCC(C)=N/C=C(\C)CC. The molecule has 1 aromatic rings. The van der Waals surface area contributed by atoms with Crippen LogP contribution in [-0.4, -0.2) is 5.71 Å². The Labute approximate surface area is 211 Å². The Hall–Kier alpha value is -1.89. The molecule has 0 unspecified atom stereocenters. The first-order chi connectivity index (χ1) is 15.9. The van der Waals surface area contributed by atoms with Crippen molar-refractivity contribution >= 4 is 11.3 Å². The maximum atomic E-state index is 4.74. The van der Waals surface area contributed by atoms with Crippen LogP contribution in [0.25, 0.3) is 5.57 Å². The molecule has 0 fully saturated rings. The predicted molar refractivity (Wildman–Crippen MR) is 154 cm³/mol. The third-order valence-corrected chi connectivity index (χ3v) is 7.88. The van der Waals surface area contributed by atoms with E-state index in [9.17, 15) is 0 Å². The summed E-state index contributed by atoms with van der Waals surface area (Å²) in [5.74, 6) is 1.34. The van der Waals surface area contributed by atoms with Crippen LogP contribution in [0.4, 0.5) is 0 Å². The summed E-state index contributed by atoms with van der Waals surface area (Å²) in [7, 11) is 0. The van der Waals surface area contributed by atoms with Crippen LogP contribution in [-0.2, 0) is 0 Å². The van der Waals surface area contributed by atoms with Crippen LogP contribution in [0, 0.1) is 16.7 Å². The molecular formula is C33H51N. The minimum atomic E-state index is 0.0256. The highest BCUT2D eigenvalue weighted by molar-refractivity contribution is 5.82.